The molecule has 1 aliphatic heterocycles. The molecule has 1 aromatic rings. The van der Waals surface area contributed by atoms with Gasteiger partial charge >= 0.3 is 0 Å². The highest BCUT2D eigenvalue weighted by atomic mass is 16.5. The molecule has 1 heterocycles. The van der Waals surface area contributed by atoms with Crippen LogP contribution < -0.4 is 63.5 Å². The minimum Gasteiger partial charge on any atom is -0.493 e. The van der Waals surface area contributed by atoms with Crippen LogP contribution in [0.4, 0.5) is 0 Å². The number of aliphatic hydroxyl groups excluding tert-OH is 1. The van der Waals surface area contributed by atoms with Crippen molar-refractivity contribution in [2.75, 3.05) is 47.4 Å². The average molecular weight is 1140 g/mol. The van der Waals surface area contributed by atoms with E-state index in [1.807, 2.05) is 6.92 Å². The molecule has 0 spiro atoms. The van der Waals surface area contributed by atoms with Gasteiger partial charge in [0, 0.05) is 40.0 Å². The van der Waals surface area contributed by atoms with Crippen LogP contribution in [0, 0.1) is 17.8 Å². The largest absolute Gasteiger partial charge is 0.493 e. The number of amides is 10. The summed E-state index contributed by atoms with van der Waals surface area (Å²) in [5.74, 6) is -7.60. The Morgan fingerprint density at radius 2 is 1.23 bits per heavy atom. The molecule has 0 aliphatic carbocycles. The number of carbonyl (C=O) groups is 10. The van der Waals surface area contributed by atoms with Gasteiger partial charge in [0.15, 0.2) is 17.5 Å². The molecule has 26 heteroatoms. The van der Waals surface area contributed by atoms with Gasteiger partial charge in [0.1, 0.15) is 48.3 Å². The maximum atomic E-state index is 14.3. The maximum Gasteiger partial charge on any atom is 0.245 e. The number of aliphatic imine (C=N–C) groups is 1. The van der Waals surface area contributed by atoms with Crippen molar-refractivity contribution < 1.29 is 62.5 Å². The second kappa shape index (κ2) is 34.8. The number of nitrogens with zero attached hydrogens (tertiary/aromatic N) is 3. The van der Waals surface area contributed by atoms with Gasteiger partial charge in [-0.05, 0) is 81.4 Å². The lowest BCUT2D eigenvalue weighted by Gasteiger charge is -2.32. The topological polar surface area (TPSA) is 377 Å². The molecule has 11 atom stereocenters. The lowest BCUT2D eigenvalue weighted by atomic mass is 9.95. The first-order valence-corrected chi connectivity index (χ1v) is 28.1. The van der Waals surface area contributed by atoms with Crippen molar-refractivity contribution in [2.24, 2.45) is 34.2 Å². The zero-order valence-corrected chi connectivity index (χ0v) is 49.7. The summed E-state index contributed by atoms with van der Waals surface area (Å²) in [4.78, 5) is 144. The second-order valence-electron chi connectivity index (χ2n) is 21.0. The van der Waals surface area contributed by atoms with Crippen LogP contribution in [0.15, 0.2) is 23.2 Å². The molecule has 0 radical (unpaired) electrons. The number of carbonyl (C=O) groups excluding carboxylic acids is 10. The molecule has 26 nitrogen and oxygen atoms in total. The molecule has 0 aromatic heterocycles. The first-order valence-electron chi connectivity index (χ1n) is 28.1. The van der Waals surface area contributed by atoms with Gasteiger partial charge in [-0.25, -0.2) is 0 Å². The first-order chi connectivity index (χ1) is 38.2. The van der Waals surface area contributed by atoms with E-state index in [9.17, 15) is 53.1 Å². The Balaban J connectivity index is 2.39. The molecule has 0 unspecified atom stereocenters. The van der Waals surface area contributed by atoms with E-state index in [-0.39, 0.29) is 56.5 Å². The van der Waals surface area contributed by atoms with Crippen molar-refractivity contribution in [2.45, 2.75) is 181 Å². The fourth-order valence-corrected chi connectivity index (χ4v) is 8.99. The predicted molar refractivity (Wildman–Crippen MR) is 304 cm³/mol. The van der Waals surface area contributed by atoms with Gasteiger partial charge in [-0.15, -0.1) is 0 Å². The Morgan fingerprint density at radius 3 is 1.77 bits per heavy atom. The number of hydrogen-bond acceptors (Lipinski definition) is 14. The zero-order valence-electron chi connectivity index (χ0n) is 49.7. The quantitative estimate of drug-likeness (QED) is 0.0229. The fourth-order valence-electron chi connectivity index (χ4n) is 8.99. The summed E-state index contributed by atoms with van der Waals surface area (Å²) in [7, 11) is 4.33. The molecule has 0 saturated carbocycles. The molecule has 456 valence electrons. The number of aliphatic hydroxyl groups is 1. The SMILES string of the molecule is CCC[C@H](NC(=O)[C@@H](NC(=O)[C@H](NC(=O)[C@@H](NC(=O)[C@H](Cc1ccc(OC)c(OC)c1)NC(=O)CN(C)C(C)=O)C(C)C)[C@@H](C)CC)[C@@H](C)O)C(=O)N[C@H](C(=O)N[C@@H](CCCN=C(N)N)C(=O)N1CCC[C@H]1C(=O)NCC)[C@@H](C)CC. The molecule has 13 N–H and O–H groups in total. The van der Waals surface area contributed by atoms with Crippen LogP contribution >= 0.6 is 0 Å². The van der Waals surface area contributed by atoms with E-state index in [2.05, 4.69) is 47.5 Å². The van der Waals surface area contributed by atoms with Gasteiger partial charge < -0.3 is 78.4 Å². The van der Waals surface area contributed by atoms with Crippen molar-refractivity contribution in [3.63, 3.8) is 0 Å². The summed E-state index contributed by atoms with van der Waals surface area (Å²) >= 11 is 0. The number of ether oxygens (including phenoxy) is 2. The van der Waals surface area contributed by atoms with Crippen LogP contribution in [0.1, 0.15) is 126 Å². The summed E-state index contributed by atoms with van der Waals surface area (Å²) in [5.41, 5.74) is 11.6. The highest BCUT2D eigenvalue weighted by molar-refractivity contribution is 5.99. The molecule has 2 rings (SSSR count). The third-order valence-electron chi connectivity index (χ3n) is 14.3. The van der Waals surface area contributed by atoms with Crippen molar-refractivity contribution in [1.29, 1.82) is 0 Å². The summed E-state index contributed by atoms with van der Waals surface area (Å²) in [5, 5.41) is 32.6. The fraction of sp³-hybridized carbons (Fsp3) is 0.691. The average Bonchev–Trinajstić information content (AvgIpc) is 3.94. The Kier molecular flexibility index (Phi) is 30.0. The lowest BCUT2D eigenvalue weighted by Crippen LogP contribution is -2.63. The van der Waals surface area contributed by atoms with E-state index in [1.54, 1.807) is 66.7 Å². The van der Waals surface area contributed by atoms with Crippen LogP contribution in [0.5, 0.6) is 11.5 Å². The minimum atomic E-state index is -1.66. The van der Waals surface area contributed by atoms with Gasteiger partial charge in [-0.3, -0.25) is 52.9 Å². The van der Waals surface area contributed by atoms with E-state index in [4.69, 9.17) is 20.9 Å². The Labute approximate surface area is 476 Å². The van der Waals surface area contributed by atoms with Crippen molar-refractivity contribution in [1.82, 2.24) is 52.3 Å². The number of hydrogen-bond donors (Lipinski definition) is 11. The van der Waals surface area contributed by atoms with E-state index >= 15 is 0 Å². The van der Waals surface area contributed by atoms with E-state index in [1.165, 1.54) is 40.0 Å². The Hall–Kier alpha value is -7.25. The number of guanidine groups is 1. The summed E-state index contributed by atoms with van der Waals surface area (Å²) in [6.45, 7) is 16.9. The van der Waals surface area contributed by atoms with Gasteiger partial charge in [0.2, 0.25) is 59.1 Å². The number of nitrogens with one attached hydrogen (secondary N) is 8. The summed E-state index contributed by atoms with van der Waals surface area (Å²) < 4.78 is 10.8. The minimum absolute atomic E-state index is 0.0666. The summed E-state index contributed by atoms with van der Waals surface area (Å²) in [6.07, 6.45) is 0.997. The van der Waals surface area contributed by atoms with Gasteiger partial charge in [-0.2, -0.15) is 0 Å². The van der Waals surface area contributed by atoms with Gasteiger partial charge in [0.25, 0.3) is 0 Å². The molecule has 1 aromatic carbocycles. The van der Waals surface area contributed by atoms with E-state index in [0.29, 0.717) is 62.3 Å². The van der Waals surface area contributed by atoms with Crippen molar-refractivity contribution >= 4 is 65.0 Å². The standard InChI is InChI=1S/C55H93N13O13/c1-14-20-36(47(72)64-44(31(7)15-2)51(76)62-37(21-18-25-59-55(56)57)54(79)68-26-19-22-39(68)49(74)58-17-4)61-53(78)46(33(9)69)66-52(77)45(32(8)16-3)65-50(75)43(30(5)6)63-48(73)38(60-42(71)29-67(11)34(10)70)27-35-23-24-40(80-12)41(28-35)81-13/h23-24,28,30-33,36-39,43-46,69H,14-22,25-27,29H2,1-13H3,(H,58,74)(H,60,71)(H,61,78)(H,62,76)(H,63,73)(H,64,72)(H,65,75)(H,66,77)(H4,56,57,59)/t31-,32-,33+,36-,37-,38-,39-,43-,44-,45+,46-/m0/s1. The van der Waals surface area contributed by atoms with Crippen molar-refractivity contribution in [3.05, 3.63) is 23.8 Å². The van der Waals surface area contributed by atoms with Crippen LogP contribution in [0.25, 0.3) is 0 Å². The third-order valence-corrected chi connectivity index (χ3v) is 14.3. The monoisotopic (exact) mass is 1140 g/mol. The predicted octanol–water partition coefficient (Wildman–Crippen LogP) is -0.772. The first kappa shape index (κ1) is 69.9. The third kappa shape index (κ3) is 22.0. The molecule has 10 amide bonds. The highest BCUT2D eigenvalue weighted by Crippen LogP contribution is 2.28. The Morgan fingerprint density at radius 1 is 0.704 bits per heavy atom. The highest BCUT2D eigenvalue weighted by Gasteiger charge is 2.40. The molecule has 81 heavy (non-hydrogen) atoms. The molecule has 1 fully saturated rings. The van der Waals surface area contributed by atoms with Gasteiger partial charge in [-0.1, -0.05) is 73.8 Å². The molecule has 1 saturated heterocycles. The van der Waals surface area contributed by atoms with Gasteiger partial charge in [0.05, 0.1) is 26.9 Å². The molecule has 0 bridgehead atoms. The normalized spacial score (nSPS) is 16.7. The second-order valence-corrected chi connectivity index (χ2v) is 21.0. The van der Waals surface area contributed by atoms with E-state index < -0.39 is 119 Å². The smallest absolute Gasteiger partial charge is 0.245 e. The number of likely N-dealkylation sites (tertiary alicyclic amines) is 1. The number of methoxy groups -OCH3 is 2. The van der Waals surface area contributed by atoms with Crippen LogP contribution in [0.2, 0.25) is 0 Å². The van der Waals surface area contributed by atoms with Crippen LogP contribution in [0.3, 0.4) is 0 Å². The summed E-state index contributed by atoms with van der Waals surface area (Å²) in [6, 6.07) is -4.93. The van der Waals surface area contributed by atoms with Crippen LogP contribution in [-0.2, 0) is 54.4 Å². The zero-order chi connectivity index (χ0) is 61.3. The molecular weight excluding hydrogens is 1050 g/mol. The number of likely N-dealkylation sites (N-methyl/N-ethyl adjacent to an activating group) is 2. The Bertz CT molecular complexity index is 2330. The number of benzene rings is 1. The van der Waals surface area contributed by atoms with Crippen LogP contribution in [-0.4, -0.2) is 182 Å². The molecular formula is C55H93N13O13. The number of nitrogens with two attached hydrogens (primary N) is 2. The van der Waals surface area contributed by atoms with Crippen molar-refractivity contribution in [3.8, 4) is 11.5 Å². The van der Waals surface area contributed by atoms with E-state index in [0.717, 1.165) is 4.90 Å². The molecule has 1 aliphatic rings. The maximum absolute atomic E-state index is 14.3. The lowest BCUT2D eigenvalue weighted by molar-refractivity contribution is -0.142. The number of rotatable bonds is 34.